The topological polar surface area (TPSA) is 72.5 Å². The predicted octanol–water partition coefficient (Wildman–Crippen LogP) is 4.44. The summed E-state index contributed by atoms with van der Waals surface area (Å²) in [4.78, 5) is 10.9. The average Bonchev–Trinajstić information content (AvgIpc) is 2.65. The largest absolute Gasteiger partial charge is 0.494 e. The van der Waals surface area contributed by atoms with Gasteiger partial charge in [0.15, 0.2) is 0 Å². The van der Waals surface area contributed by atoms with Crippen LogP contribution in [0.5, 0.6) is 5.75 Å². The molecule has 0 aliphatic carbocycles. The van der Waals surface area contributed by atoms with Crippen LogP contribution < -0.4 is 10.5 Å². The van der Waals surface area contributed by atoms with Crippen LogP contribution in [0.1, 0.15) is 44.2 Å². The highest BCUT2D eigenvalue weighted by Crippen LogP contribution is 2.28. The summed E-state index contributed by atoms with van der Waals surface area (Å²) < 4.78 is 5.86. The van der Waals surface area contributed by atoms with Crippen molar-refractivity contribution in [2.75, 3.05) is 6.61 Å². The average molecular weight is 355 g/mol. The van der Waals surface area contributed by atoms with E-state index < -0.39 is 12.0 Å². The maximum atomic E-state index is 10.9. The molecular formula is C22H29NO3. The second kappa shape index (κ2) is 9.97. The van der Waals surface area contributed by atoms with Crippen molar-refractivity contribution in [2.45, 2.75) is 52.0 Å². The van der Waals surface area contributed by atoms with Crippen molar-refractivity contribution < 1.29 is 14.6 Å². The van der Waals surface area contributed by atoms with Gasteiger partial charge in [0.2, 0.25) is 0 Å². The molecule has 4 heteroatoms. The molecule has 0 amide bonds. The first kappa shape index (κ1) is 20.0. The number of unbranched alkanes of at least 4 members (excludes halogenated alkanes) is 2. The van der Waals surface area contributed by atoms with Gasteiger partial charge in [-0.2, -0.15) is 0 Å². The third kappa shape index (κ3) is 5.60. The van der Waals surface area contributed by atoms with Gasteiger partial charge in [0, 0.05) is 0 Å². The standard InChI is InChI=1S/C22H29NO3/c1-3-5-6-13-26-19-11-12-20(17(4-2)15-19)18-9-7-16(8-10-18)14-21(23)22(24)25/h7-12,15,21H,3-6,13-14,23H2,1-2H3,(H,24,25)/t21-/m0/s1. The third-order valence-corrected chi connectivity index (χ3v) is 4.51. The Bertz CT molecular complexity index is 710. The van der Waals surface area contributed by atoms with E-state index in [2.05, 4.69) is 26.0 Å². The smallest absolute Gasteiger partial charge is 0.320 e. The van der Waals surface area contributed by atoms with Gasteiger partial charge >= 0.3 is 5.97 Å². The molecule has 1 atom stereocenters. The molecular weight excluding hydrogens is 326 g/mol. The van der Waals surface area contributed by atoms with Gasteiger partial charge in [-0.1, -0.05) is 57.0 Å². The van der Waals surface area contributed by atoms with Crippen LogP contribution in [0.25, 0.3) is 11.1 Å². The molecule has 2 aromatic rings. The highest BCUT2D eigenvalue weighted by molar-refractivity contribution is 5.74. The van der Waals surface area contributed by atoms with Crippen molar-refractivity contribution in [3.05, 3.63) is 53.6 Å². The zero-order valence-electron chi connectivity index (χ0n) is 15.7. The Morgan fingerprint density at radius 3 is 2.46 bits per heavy atom. The highest BCUT2D eigenvalue weighted by Gasteiger charge is 2.12. The molecule has 0 saturated heterocycles. The first-order chi connectivity index (χ1) is 12.5. The highest BCUT2D eigenvalue weighted by atomic mass is 16.5. The SMILES string of the molecule is CCCCCOc1ccc(-c2ccc(C[C@H](N)C(=O)O)cc2)c(CC)c1. The van der Waals surface area contributed by atoms with Crippen LogP contribution in [0, 0.1) is 0 Å². The van der Waals surface area contributed by atoms with Crippen LogP contribution in [-0.2, 0) is 17.6 Å². The van der Waals surface area contributed by atoms with Crippen molar-refractivity contribution in [2.24, 2.45) is 5.73 Å². The van der Waals surface area contributed by atoms with E-state index in [9.17, 15) is 4.79 Å². The lowest BCUT2D eigenvalue weighted by molar-refractivity contribution is -0.138. The van der Waals surface area contributed by atoms with Gasteiger partial charge in [0.25, 0.3) is 0 Å². The van der Waals surface area contributed by atoms with E-state index in [-0.39, 0.29) is 0 Å². The van der Waals surface area contributed by atoms with E-state index >= 15 is 0 Å². The molecule has 0 fully saturated rings. The zero-order valence-corrected chi connectivity index (χ0v) is 15.7. The molecule has 0 spiro atoms. The predicted molar refractivity (Wildman–Crippen MR) is 106 cm³/mol. The second-order valence-corrected chi connectivity index (χ2v) is 6.57. The molecule has 0 aliphatic rings. The number of ether oxygens (including phenoxy) is 1. The number of aliphatic carboxylic acids is 1. The normalized spacial score (nSPS) is 12.0. The molecule has 2 rings (SSSR count). The Morgan fingerprint density at radius 2 is 1.85 bits per heavy atom. The monoisotopic (exact) mass is 355 g/mol. The van der Waals surface area contributed by atoms with Gasteiger partial charge in [0.05, 0.1) is 6.61 Å². The van der Waals surface area contributed by atoms with E-state index in [1.54, 1.807) is 0 Å². The van der Waals surface area contributed by atoms with Crippen molar-refractivity contribution in [1.29, 1.82) is 0 Å². The van der Waals surface area contributed by atoms with Crippen LogP contribution in [-0.4, -0.2) is 23.7 Å². The van der Waals surface area contributed by atoms with Crippen LogP contribution in [0.15, 0.2) is 42.5 Å². The molecule has 4 nitrogen and oxygen atoms in total. The van der Waals surface area contributed by atoms with E-state index in [0.29, 0.717) is 6.42 Å². The summed E-state index contributed by atoms with van der Waals surface area (Å²) in [6.07, 6.45) is 4.72. The number of hydrogen-bond donors (Lipinski definition) is 2. The molecule has 0 radical (unpaired) electrons. The Hall–Kier alpha value is -2.33. The zero-order chi connectivity index (χ0) is 18.9. The van der Waals surface area contributed by atoms with E-state index in [1.165, 1.54) is 24.0 Å². The van der Waals surface area contributed by atoms with Crippen LogP contribution in [0.2, 0.25) is 0 Å². The Labute approximate surface area is 156 Å². The number of hydrogen-bond acceptors (Lipinski definition) is 3. The van der Waals surface area contributed by atoms with E-state index in [0.717, 1.165) is 36.3 Å². The lowest BCUT2D eigenvalue weighted by Gasteiger charge is -2.13. The summed E-state index contributed by atoms with van der Waals surface area (Å²) in [5, 5.41) is 8.92. The van der Waals surface area contributed by atoms with Crippen LogP contribution >= 0.6 is 0 Å². The lowest BCUT2D eigenvalue weighted by atomic mass is 9.96. The molecule has 3 N–H and O–H groups in total. The number of rotatable bonds is 10. The van der Waals surface area contributed by atoms with Gasteiger partial charge in [-0.05, 0) is 53.6 Å². The Balaban J connectivity index is 2.10. The first-order valence-corrected chi connectivity index (χ1v) is 9.38. The molecule has 140 valence electrons. The molecule has 0 aromatic heterocycles. The van der Waals surface area contributed by atoms with Gasteiger partial charge in [-0.25, -0.2) is 0 Å². The summed E-state index contributed by atoms with van der Waals surface area (Å²) in [5.74, 6) is -0.0531. The number of nitrogens with two attached hydrogens (primary N) is 1. The minimum absolute atomic E-state index is 0.334. The number of carbonyl (C=O) groups is 1. The molecule has 2 aromatic carbocycles. The summed E-state index contributed by atoms with van der Waals surface area (Å²) in [6, 6.07) is 13.3. The van der Waals surface area contributed by atoms with Gasteiger partial charge in [-0.3, -0.25) is 4.79 Å². The lowest BCUT2D eigenvalue weighted by Crippen LogP contribution is -2.32. The fraction of sp³-hybridized carbons (Fsp3) is 0.409. The number of carboxylic acids is 1. The summed E-state index contributed by atoms with van der Waals surface area (Å²) in [5.41, 5.74) is 10.1. The van der Waals surface area contributed by atoms with Crippen molar-refractivity contribution in [1.82, 2.24) is 0 Å². The number of benzene rings is 2. The number of aryl methyl sites for hydroxylation is 1. The Morgan fingerprint density at radius 1 is 1.12 bits per heavy atom. The van der Waals surface area contributed by atoms with Crippen LogP contribution in [0.4, 0.5) is 0 Å². The molecule has 0 bridgehead atoms. The van der Waals surface area contributed by atoms with Gasteiger partial charge in [-0.15, -0.1) is 0 Å². The quantitative estimate of drug-likeness (QED) is 0.618. The fourth-order valence-electron chi connectivity index (χ4n) is 2.94. The third-order valence-electron chi connectivity index (χ3n) is 4.51. The molecule has 0 unspecified atom stereocenters. The summed E-state index contributed by atoms with van der Waals surface area (Å²) in [6.45, 7) is 5.08. The van der Waals surface area contributed by atoms with Crippen molar-refractivity contribution in [3.8, 4) is 16.9 Å². The van der Waals surface area contributed by atoms with Gasteiger partial charge in [0.1, 0.15) is 11.8 Å². The summed E-state index contributed by atoms with van der Waals surface area (Å²) in [7, 11) is 0. The molecule has 26 heavy (non-hydrogen) atoms. The Kier molecular flexibility index (Phi) is 7.67. The molecule has 0 heterocycles. The van der Waals surface area contributed by atoms with Crippen LogP contribution in [0.3, 0.4) is 0 Å². The number of carboxylic acid groups (broad SMARTS) is 1. The molecule has 0 saturated carbocycles. The maximum absolute atomic E-state index is 10.9. The summed E-state index contributed by atoms with van der Waals surface area (Å²) >= 11 is 0. The second-order valence-electron chi connectivity index (χ2n) is 6.57. The van der Waals surface area contributed by atoms with E-state index in [1.807, 2.05) is 30.3 Å². The minimum atomic E-state index is -0.975. The first-order valence-electron chi connectivity index (χ1n) is 9.38. The van der Waals surface area contributed by atoms with Crippen molar-refractivity contribution >= 4 is 5.97 Å². The molecule has 0 aliphatic heterocycles. The van der Waals surface area contributed by atoms with Gasteiger partial charge < -0.3 is 15.6 Å². The minimum Gasteiger partial charge on any atom is -0.494 e. The van der Waals surface area contributed by atoms with E-state index in [4.69, 9.17) is 15.6 Å². The fourth-order valence-corrected chi connectivity index (χ4v) is 2.94. The maximum Gasteiger partial charge on any atom is 0.320 e. The van der Waals surface area contributed by atoms with Crippen molar-refractivity contribution in [3.63, 3.8) is 0 Å².